The van der Waals surface area contributed by atoms with Crippen LogP contribution in [0, 0.1) is 28.3 Å². The Morgan fingerprint density at radius 3 is 2.77 bits per heavy atom. The molecule has 3 atom stereocenters. The third-order valence-corrected chi connectivity index (χ3v) is 4.44. The van der Waals surface area contributed by atoms with E-state index in [4.69, 9.17) is 33.5 Å². The lowest BCUT2D eigenvalue weighted by Crippen LogP contribution is -2.44. The van der Waals surface area contributed by atoms with Crippen LogP contribution >= 0.6 is 12.2 Å². The quantitative estimate of drug-likeness (QED) is 0.0907. The zero-order valence-corrected chi connectivity index (χ0v) is 17.7. The van der Waals surface area contributed by atoms with Crippen LogP contribution in [0.2, 0.25) is 0 Å². The number of nitrogens with two attached hydrogens (primary N) is 2. The van der Waals surface area contributed by atoms with E-state index in [0.717, 1.165) is 0 Å². The van der Waals surface area contributed by atoms with Crippen molar-refractivity contribution in [1.29, 1.82) is 0 Å². The molecule has 1 aliphatic rings. The van der Waals surface area contributed by atoms with Crippen LogP contribution in [-0.2, 0) is 4.74 Å². The number of hydrogen-bond donors (Lipinski definition) is 8. The van der Waals surface area contributed by atoms with E-state index in [-0.39, 0.29) is 19.0 Å². The minimum atomic E-state index is -1.20. The Balaban J connectivity index is 2.04. The van der Waals surface area contributed by atoms with Crippen LogP contribution in [0.4, 0.5) is 17.5 Å². The molecule has 0 bridgehead atoms. The lowest BCUT2D eigenvalue weighted by atomic mass is 10.2. The summed E-state index contributed by atoms with van der Waals surface area (Å²) in [4.78, 5) is 12.9. The summed E-state index contributed by atoms with van der Waals surface area (Å²) in [6.45, 7) is 1.61. The normalized spacial score (nSPS) is 14.6. The van der Waals surface area contributed by atoms with Crippen LogP contribution < -0.4 is 27.0 Å². The SMILES string of the molecule is CC(O[C@H](CO)[C@H](O)CO)N1CNc2c1[nH]c(NCC#CC#CCN=C(N)N)nc2=S. The molecule has 168 valence electrons. The van der Waals surface area contributed by atoms with Crippen molar-refractivity contribution in [2.75, 3.05) is 48.5 Å². The van der Waals surface area contributed by atoms with Crippen LogP contribution in [0.1, 0.15) is 6.92 Å². The molecule has 1 aromatic rings. The van der Waals surface area contributed by atoms with Crippen LogP contribution in [0.3, 0.4) is 0 Å². The highest BCUT2D eigenvalue weighted by molar-refractivity contribution is 7.71. The van der Waals surface area contributed by atoms with Gasteiger partial charge in [0.2, 0.25) is 5.95 Å². The van der Waals surface area contributed by atoms with Crippen molar-refractivity contribution in [1.82, 2.24) is 9.97 Å². The maximum atomic E-state index is 9.75. The molecule has 1 aromatic heterocycles. The smallest absolute Gasteiger partial charge is 0.203 e. The Kier molecular flexibility index (Phi) is 9.33. The van der Waals surface area contributed by atoms with Crippen LogP contribution in [0.5, 0.6) is 0 Å². The number of aromatic amines is 1. The number of hydrogen-bond acceptors (Lipinski definition) is 10. The standard InChI is InChI=1S/C18H26N8O4S/c1-11(30-13(9-28)12(29)8-27)26-10-23-14-15(26)24-18(25-16(14)31)22-7-5-3-2-4-6-21-17(19)20/h11-13,23,27-29H,6-10H2,1H3,(H4,19,20,21)(H2,22,24,25,31)/t11?,12-,13-/m1/s1. The summed E-state index contributed by atoms with van der Waals surface area (Å²) in [5, 5.41) is 34.4. The van der Waals surface area contributed by atoms with Gasteiger partial charge in [-0.3, -0.25) is 0 Å². The van der Waals surface area contributed by atoms with E-state index in [1.54, 1.807) is 6.92 Å². The number of guanidine groups is 1. The molecule has 0 aliphatic carbocycles. The maximum absolute atomic E-state index is 9.75. The molecule has 0 aromatic carbocycles. The van der Waals surface area contributed by atoms with Crippen LogP contribution in [0.15, 0.2) is 4.99 Å². The van der Waals surface area contributed by atoms with Gasteiger partial charge in [0.15, 0.2) is 10.6 Å². The summed E-state index contributed by atoms with van der Waals surface area (Å²) in [6.07, 6.45) is -2.68. The van der Waals surface area contributed by atoms with E-state index in [2.05, 4.69) is 49.3 Å². The maximum Gasteiger partial charge on any atom is 0.203 e. The van der Waals surface area contributed by atoms with E-state index >= 15 is 0 Å². The topological polar surface area (TPSA) is 190 Å². The highest BCUT2D eigenvalue weighted by Gasteiger charge is 2.30. The Labute approximate surface area is 184 Å². The lowest BCUT2D eigenvalue weighted by molar-refractivity contribution is -0.105. The number of aliphatic imine (C=N–C) groups is 1. The number of anilines is 3. The molecule has 0 radical (unpaired) electrons. The molecule has 13 heteroatoms. The van der Waals surface area contributed by atoms with Crippen LogP contribution in [0.25, 0.3) is 0 Å². The number of nitrogens with one attached hydrogen (secondary N) is 3. The lowest BCUT2D eigenvalue weighted by Gasteiger charge is -2.30. The Hall–Kier alpha value is -3.07. The van der Waals surface area contributed by atoms with Gasteiger partial charge < -0.3 is 52.0 Å². The van der Waals surface area contributed by atoms with Crippen molar-refractivity contribution in [2.24, 2.45) is 16.5 Å². The fourth-order valence-corrected chi connectivity index (χ4v) is 2.86. The first-order valence-electron chi connectivity index (χ1n) is 9.32. The van der Waals surface area contributed by atoms with Gasteiger partial charge >= 0.3 is 0 Å². The minimum absolute atomic E-state index is 0.0263. The molecule has 2 heterocycles. The second-order valence-corrected chi connectivity index (χ2v) is 6.71. The van der Waals surface area contributed by atoms with Gasteiger partial charge in [0.05, 0.1) is 26.4 Å². The molecular formula is C18H26N8O4S. The largest absolute Gasteiger partial charge is 0.394 e. The Bertz CT molecular complexity index is 957. The van der Waals surface area contributed by atoms with Gasteiger partial charge in [-0.25, -0.2) is 9.98 Å². The number of aliphatic hydroxyl groups is 3. The molecule has 2 rings (SSSR count). The van der Waals surface area contributed by atoms with Gasteiger partial charge in [0.1, 0.15) is 36.5 Å². The first-order valence-corrected chi connectivity index (χ1v) is 9.73. The zero-order valence-electron chi connectivity index (χ0n) is 16.9. The fourth-order valence-electron chi connectivity index (χ4n) is 2.60. The van der Waals surface area contributed by atoms with Gasteiger partial charge in [-0.05, 0) is 18.8 Å². The van der Waals surface area contributed by atoms with Gasteiger partial charge in [0, 0.05) is 0 Å². The Morgan fingerprint density at radius 1 is 1.35 bits per heavy atom. The van der Waals surface area contributed by atoms with Crippen molar-refractivity contribution in [3.05, 3.63) is 4.64 Å². The zero-order chi connectivity index (χ0) is 22.8. The first kappa shape index (κ1) is 24.2. The molecule has 0 saturated heterocycles. The molecule has 10 N–H and O–H groups in total. The monoisotopic (exact) mass is 450 g/mol. The number of ether oxygens (including phenoxy) is 1. The molecule has 0 saturated carbocycles. The van der Waals surface area contributed by atoms with Crippen molar-refractivity contribution in [3.8, 4) is 23.7 Å². The predicted octanol–water partition coefficient (Wildman–Crippen LogP) is -1.90. The van der Waals surface area contributed by atoms with E-state index in [9.17, 15) is 10.2 Å². The molecular weight excluding hydrogens is 424 g/mol. The van der Waals surface area contributed by atoms with Gasteiger partial charge in [-0.2, -0.15) is 0 Å². The van der Waals surface area contributed by atoms with E-state index in [0.29, 0.717) is 28.8 Å². The van der Waals surface area contributed by atoms with E-state index in [1.807, 2.05) is 4.90 Å². The van der Waals surface area contributed by atoms with Gasteiger partial charge in [0.25, 0.3) is 0 Å². The average Bonchev–Trinajstić information content (AvgIpc) is 3.17. The molecule has 12 nitrogen and oxygen atoms in total. The number of fused-ring (bicyclic) bond motifs is 1. The number of aromatic nitrogens is 2. The molecule has 1 unspecified atom stereocenters. The number of rotatable bonds is 9. The first-order chi connectivity index (χ1) is 14.9. The predicted molar refractivity (Wildman–Crippen MR) is 120 cm³/mol. The summed E-state index contributed by atoms with van der Waals surface area (Å²) in [5.74, 6) is 11.8. The third kappa shape index (κ3) is 6.99. The second-order valence-electron chi connectivity index (χ2n) is 6.32. The van der Waals surface area contributed by atoms with Crippen molar-refractivity contribution in [3.63, 3.8) is 0 Å². The minimum Gasteiger partial charge on any atom is -0.394 e. The molecule has 1 aliphatic heterocycles. The van der Waals surface area contributed by atoms with Gasteiger partial charge in [-0.1, -0.05) is 24.1 Å². The highest BCUT2D eigenvalue weighted by Crippen LogP contribution is 2.32. The van der Waals surface area contributed by atoms with E-state index < -0.39 is 31.6 Å². The average molecular weight is 451 g/mol. The second kappa shape index (κ2) is 11.9. The number of nitrogens with zero attached hydrogens (tertiary/aromatic N) is 3. The summed E-state index contributed by atoms with van der Waals surface area (Å²) in [5.41, 5.74) is 11.0. The molecule has 0 spiro atoms. The van der Waals surface area contributed by atoms with Crippen LogP contribution in [-0.4, -0.2) is 82.7 Å². The summed E-state index contributed by atoms with van der Waals surface area (Å²) >= 11 is 5.34. The number of aliphatic hydroxyl groups excluding tert-OH is 3. The fraction of sp³-hybridized carbons (Fsp3) is 0.500. The third-order valence-electron chi connectivity index (χ3n) is 4.15. The van der Waals surface area contributed by atoms with Gasteiger partial charge in [-0.15, -0.1) is 0 Å². The van der Waals surface area contributed by atoms with Crippen molar-refractivity contribution in [2.45, 2.75) is 25.4 Å². The molecule has 0 amide bonds. The molecule has 0 fully saturated rings. The molecule has 31 heavy (non-hydrogen) atoms. The van der Waals surface area contributed by atoms with Crippen molar-refractivity contribution >= 4 is 35.6 Å². The summed E-state index contributed by atoms with van der Waals surface area (Å²) in [6, 6.07) is 0. The van der Waals surface area contributed by atoms with E-state index in [1.165, 1.54) is 0 Å². The highest BCUT2D eigenvalue weighted by atomic mass is 32.1. The summed E-state index contributed by atoms with van der Waals surface area (Å²) < 4.78 is 6.05. The summed E-state index contributed by atoms with van der Waals surface area (Å²) in [7, 11) is 0. The number of H-pyrrole nitrogens is 1. The van der Waals surface area contributed by atoms with Crippen molar-refractivity contribution < 1.29 is 20.1 Å². The Morgan fingerprint density at radius 2 is 2.10 bits per heavy atom.